The summed E-state index contributed by atoms with van der Waals surface area (Å²) in [4.78, 5) is 24.8. The summed E-state index contributed by atoms with van der Waals surface area (Å²) in [5.41, 5.74) is 10.3. The number of carbonyl (C=O) groups is 2. The quantitative estimate of drug-likeness (QED) is 0.339. The number of alkyl halides is 3. The fraction of sp³-hybridized carbons (Fsp3) is 0.333. The lowest BCUT2D eigenvalue weighted by Crippen LogP contribution is -2.59. The SMILES string of the molecule is CC(COc1ccc2c(c1OCCN)B(O)OC2)(NC(=O)c1ccc(OC(F)(F)F)cc1)C(N)=O. The second kappa shape index (κ2) is 10.4. The van der Waals surface area contributed by atoms with E-state index in [0.717, 1.165) is 24.3 Å². The maximum absolute atomic E-state index is 12.7. The summed E-state index contributed by atoms with van der Waals surface area (Å²) in [5.74, 6) is -1.90. The van der Waals surface area contributed by atoms with E-state index in [1.54, 1.807) is 12.1 Å². The minimum atomic E-state index is -4.88. The molecule has 1 atom stereocenters. The van der Waals surface area contributed by atoms with E-state index in [-0.39, 0.29) is 36.8 Å². The number of benzene rings is 2. The highest BCUT2D eigenvalue weighted by Crippen LogP contribution is 2.30. The van der Waals surface area contributed by atoms with Gasteiger partial charge in [0.2, 0.25) is 5.91 Å². The average molecular weight is 497 g/mol. The predicted molar refractivity (Wildman–Crippen MR) is 117 cm³/mol. The first-order valence-corrected chi connectivity index (χ1v) is 10.3. The summed E-state index contributed by atoms with van der Waals surface area (Å²) >= 11 is 0. The maximum Gasteiger partial charge on any atom is 0.573 e. The van der Waals surface area contributed by atoms with Crippen molar-refractivity contribution in [2.24, 2.45) is 11.5 Å². The van der Waals surface area contributed by atoms with E-state index in [2.05, 4.69) is 10.1 Å². The molecule has 2 aromatic rings. The van der Waals surface area contributed by atoms with Crippen molar-refractivity contribution < 1.29 is 46.6 Å². The Balaban J connectivity index is 1.76. The third-order valence-corrected chi connectivity index (χ3v) is 5.06. The highest BCUT2D eigenvalue weighted by atomic mass is 19.4. The predicted octanol–water partition coefficient (Wildman–Crippen LogP) is 0.193. The Morgan fingerprint density at radius 1 is 1.17 bits per heavy atom. The number of carbonyl (C=O) groups excluding carboxylic acids is 2. The van der Waals surface area contributed by atoms with Crippen LogP contribution in [0.1, 0.15) is 22.8 Å². The highest BCUT2D eigenvalue weighted by Gasteiger charge is 2.37. The molecular weight excluding hydrogens is 474 g/mol. The van der Waals surface area contributed by atoms with Gasteiger partial charge in [-0.1, -0.05) is 6.07 Å². The molecule has 0 aliphatic carbocycles. The van der Waals surface area contributed by atoms with Crippen LogP contribution in [0.5, 0.6) is 17.2 Å². The Bertz CT molecular complexity index is 1090. The van der Waals surface area contributed by atoms with Gasteiger partial charge in [0, 0.05) is 17.6 Å². The summed E-state index contributed by atoms with van der Waals surface area (Å²) in [6.07, 6.45) is -4.88. The molecule has 1 heterocycles. The van der Waals surface area contributed by atoms with Gasteiger partial charge in [-0.05, 0) is 42.8 Å². The second-order valence-electron chi connectivity index (χ2n) is 7.78. The van der Waals surface area contributed by atoms with Gasteiger partial charge in [-0.15, -0.1) is 13.2 Å². The van der Waals surface area contributed by atoms with Gasteiger partial charge in [-0.2, -0.15) is 0 Å². The lowest BCUT2D eigenvalue weighted by Gasteiger charge is -2.28. The largest absolute Gasteiger partial charge is 0.573 e. The number of fused-ring (bicyclic) bond motifs is 1. The molecule has 1 unspecified atom stereocenters. The Kier molecular flexibility index (Phi) is 7.78. The summed E-state index contributed by atoms with van der Waals surface area (Å²) < 4.78 is 57.3. The van der Waals surface area contributed by atoms with E-state index in [1.807, 2.05) is 0 Å². The minimum Gasteiger partial charge on any atom is -0.489 e. The van der Waals surface area contributed by atoms with Crippen molar-refractivity contribution in [2.75, 3.05) is 19.8 Å². The van der Waals surface area contributed by atoms with Crippen molar-refractivity contribution in [3.63, 3.8) is 0 Å². The molecule has 0 saturated carbocycles. The maximum atomic E-state index is 12.7. The zero-order valence-electron chi connectivity index (χ0n) is 18.6. The van der Waals surface area contributed by atoms with Crippen LogP contribution in [0, 0.1) is 0 Å². The van der Waals surface area contributed by atoms with Gasteiger partial charge >= 0.3 is 13.5 Å². The molecule has 188 valence electrons. The van der Waals surface area contributed by atoms with E-state index in [4.69, 9.17) is 25.6 Å². The van der Waals surface area contributed by atoms with E-state index in [0.29, 0.717) is 11.0 Å². The highest BCUT2D eigenvalue weighted by molar-refractivity contribution is 6.62. The number of nitrogens with one attached hydrogen (secondary N) is 1. The first-order chi connectivity index (χ1) is 16.4. The van der Waals surface area contributed by atoms with Gasteiger partial charge in [0.05, 0.1) is 6.61 Å². The molecule has 0 bridgehead atoms. The van der Waals surface area contributed by atoms with Crippen molar-refractivity contribution in [3.05, 3.63) is 47.5 Å². The molecule has 10 nitrogen and oxygen atoms in total. The molecule has 3 rings (SSSR count). The second-order valence-corrected chi connectivity index (χ2v) is 7.78. The Morgan fingerprint density at radius 2 is 1.86 bits per heavy atom. The first-order valence-electron chi connectivity index (χ1n) is 10.3. The van der Waals surface area contributed by atoms with Crippen molar-refractivity contribution in [2.45, 2.75) is 25.4 Å². The Morgan fingerprint density at radius 3 is 2.46 bits per heavy atom. The topological polar surface area (TPSA) is 155 Å². The molecule has 0 fully saturated rings. The zero-order valence-corrected chi connectivity index (χ0v) is 18.6. The van der Waals surface area contributed by atoms with Crippen LogP contribution in [0.3, 0.4) is 0 Å². The van der Waals surface area contributed by atoms with Crippen LogP contribution >= 0.6 is 0 Å². The fourth-order valence-electron chi connectivity index (χ4n) is 3.21. The van der Waals surface area contributed by atoms with Crippen molar-refractivity contribution in [3.8, 4) is 17.2 Å². The van der Waals surface area contributed by atoms with E-state index >= 15 is 0 Å². The lowest BCUT2D eigenvalue weighted by molar-refractivity contribution is -0.274. The number of amides is 2. The normalized spacial score (nSPS) is 14.6. The van der Waals surface area contributed by atoms with Crippen LogP contribution in [0.4, 0.5) is 13.2 Å². The molecule has 0 radical (unpaired) electrons. The molecule has 0 aromatic heterocycles. The van der Waals surface area contributed by atoms with E-state index in [1.165, 1.54) is 6.92 Å². The number of halogens is 3. The Hall–Kier alpha value is -3.49. The molecule has 35 heavy (non-hydrogen) atoms. The molecule has 2 amide bonds. The summed E-state index contributed by atoms with van der Waals surface area (Å²) in [6.45, 7) is 1.34. The van der Waals surface area contributed by atoms with Gasteiger partial charge in [-0.3, -0.25) is 9.59 Å². The van der Waals surface area contributed by atoms with Crippen LogP contribution < -0.4 is 36.5 Å². The van der Waals surface area contributed by atoms with Crippen molar-refractivity contribution >= 4 is 24.4 Å². The van der Waals surface area contributed by atoms with Gasteiger partial charge in [0.15, 0.2) is 17.0 Å². The van der Waals surface area contributed by atoms with Crippen LogP contribution in [0.15, 0.2) is 36.4 Å². The Labute approximate surface area is 198 Å². The molecule has 1 aliphatic rings. The molecular formula is C21H23BF3N3O7. The number of rotatable bonds is 10. The third kappa shape index (κ3) is 6.35. The van der Waals surface area contributed by atoms with E-state index in [9.17, 15) is 27.8 Å². The molecule has 2 aromatic carbocycles. The summed E-state index contributed by atoms with van der Waals surface area (Å²) in [5, 5.41) is 12.6. The number of primary amides is 1. The van der Waals surface area contributed by atoms with Gasteiger partial charge < -0.3 is 40.7 Å². The summed E-state index contributed by atoms with van der Waals surface area (Å²) in [7, 11) is -1.24. The van der Waals surface area contributed by atoms with Crippen molar-refractivity contribution in [1.29, 1.82) is 0 Å². The van der Waals surface area contributed by atoms with Crippen LogP contribution in [-0.4, -0.2) is 55.6 Å². The molecule has 6 N–H and O–H groups in total. The monoisotopic (exact) mass is 497 g/mol. The molecule has 0 saturated heterocycles. The van der Waals surface area contributed by atoms with Gasteiger partial charge in [0.25, 0.3) is 5.91 Å². The zero-order chi connectivity index (χ0) is 25.8. The van der Waals surface area contributed by atoms with Gasteiger partial charge in [0.1, 0.15) is 19.0 Å². The first kappa shape index (κ1) is 26.1. The lowest BCUT2D eigenvalue weighted by atomic mass is 9.78. The van der Waals surface area contributed by atoms with Crippen molar-refractivity contribution in [1.82, 2.24) is 5.32 Å². The van der Waals surface area contributed by atoms with Crippen LogP contribution in [-0.2, 0) is 16.1 Å². The van der Waals surface area contributed by atoms with Crippen LogP contribution in [0.2, 0.25) is 0 Å². The van der Waals surface area contributed by atoms with Gasteiger partial charge in [-0.25, -0.2) is 0 Å². The molecule has 1 aliphatic heterocycles. The number of nitrogens with two attached hydrogens (primary N) is 2. The summed E-state index contributed by atoms with van der Waals surface area (Å²) in [6, 6.07) is 7.31. The average Bonchev–Trinajstić information content (AvgIpc) is 3.16. The third-order valence-electron chi connectivity index (χ3n) is 5.06. The fourth-order valence-corrected chi connectivity index (χ4v) is 3.21. The number of hydrogen-bond donors (Lipinski definition) is 4. The smallest absolute Gasteiger partial charge is 0.489 e. The molecule has 0 spiro atoms. The minimum absolute atomic E-state index is 0.0447. The van der Waals surface area contributed by atoms with E-state index < -0.39 is 43.2 Å². The number of ether oxygens (including phenoxy) is 3. The number of hydrogen-bond acceptors (Lipinski definition) is 8. The molecule has 14 heteroatoms. The van der Waals surface area contributed by atoms with Crippen LogP contribution in [0.25, 0.3) is 0 Å². The standard InChI is InChI=1S/C21H23BF3N3O7/c1-20(19(27)30,28-18(29)12-2-5-14(6-3-12)35-21(23,24)25)11-33-15-7-4-13-10-34-22(31)16(13)17(15)32-9-8-26/h2-7,31H,8-11,26H2,1H3,(H2,27,30)(H,28,29).